The van der Waals surface area contributed by atoms with E-state index in [1.165, 1.54) is 0 Å². The molecular weight excluding hydrogens is 248 g/mol. The van der Waals surface area contributed by atoms with Crippen LogP contribution in [0.3, 0.4) is 0 Å². The van der Waals surface area contributed by atoms with Gasteiger partial charge in [-0.2, -0.15) is 0 Å². The zero-order chi connectivity index (χ0) is 14.5. The maximum atomic E-state index is 11.7. The Morgan fingerprint density at radius 1 is 1.16 bits per heavy atom. The summed E-state index contributed by atoms with van der Waals surface area (Å²) in [4.78, 5) is 34.4. The summed E-state index contributed by atoms with van der Waals surface area (Å²) in [5, 5.41) is 14.4. The number of carbonyl (C=O) groups excluding carboxylic acids is 2. The van der Waals surface area contributed by atoms with E-state index in [1.807, 2.05) is 13.8 Å². The first-order valence-corrected chi connectivity index (χ1v) is 6.65. The molecule has 1 aliphatic carbocycles. The van der Waals surface area contributed by atoms with E-state index in [0.29, 0.717) is 12.8 Å². The molecule has 0 radical (unpaired) electrons. The minimum atomic E-state index is -0.932. The molecule has 6 heteroatoms. The van der Waals surface area contributed by atoms with Crippen LogP contribution in [0.25, 0.3) is 0 Å². The van der Waals surface area contributed by atoms with Gasteiger partial charge in [0, 0.05) is 12.5 Å². The lowest BCUT2D eigenvalue weighted by molar-refractivity contribution is -0.151. The Kier molecular flexibility index (Phi) is 5.32. The molecule has 0 aromatic carbocycles. The van der Waals surface area contributed by atoms with E-state index in [4.69, 9.17) is 0 Å². The molecule has 1 fully saturated rings. The van der Waals surface area contributed by atoms with E-state index in [-0.39, 0.29) is 30.8 Å². The summed E-state index contributed by atoms with van der Waals surface area (Å²) >= 11 is 0. The SMILES string of the molecule is CC(C)NC(=O)CNC(=O)CC1(C(=O)O)CCCC1. The monoisotopic (exact) mass is 270 g/mol. The molecule has 1 saturated carbocycles. The van der Waals surface area contributed by atoms with Gasteiger partial charge in [0.05, 0.1) is 12.0 Å². The van der Waals surface area contributed by atoms with Crippen molar-refractivity contribution in [3.63, 3.8) is 0 Å². The second-order valence-electron chi connectivity index (χ2n) is 5.47. The van der Waals surface area contributed by atoms with Gasteiger partial charge in [-0.3, -0.25) is 14.4 Å². The maximum absolute atomic E-state index is 11.7. The normalized spacial score (nSPS) is 17.2. The van der Waals surface area contributed by atoms with Gasteiger partial charge in [0.25, 0.3) is 0 Å². The van der Waals surface area contributed by atoms with Crippen molar-refractivity contribution in [2.45, 2.75) is 52.0 Å². The van der Waals surface area contributed by atoms with Crippen LogP contribution in [-0.4, -0.2) is 35.5 Å². The van der Waals surface area contributed by atoms with Crippen LogP contribution in [0.5, 0.6) is 0 Å². The van der Waals surface area contributed by atoms with Gasteiger partial charge in [-0.05, 0) is 26.7 Å². The maximum Gasteiger partial charge on any atom is 0.310 e. The third-order valence-corrected chi connectivity index (χ3v) is 3.41. The summed E-state index contributed by atoms with van der Waals surface area (Å²) in [6.45, 7) is 3.56. The van der Waals surface area contributed by atoms with Crippen LogP contribution in [-0.2, 0) is 14.4 Å². The summed E-state index contributed by atoms with van der Waals surface area (Å²) in [6.07, 6.45) is 2.71. The van der Waals surface area contributed by atoms with E-state index < -0.39 is 11.4 Å². The standard InChI is InChI=1S/C13H22N2O4/c1-9(2)15-11(17)8-14-10(16)7-13(12(18)19)5-3-4-6-13/h9H,3-8H2,1-2H3,(H,14,16)(H,15,17)(H,18,19). The van der Waals surface area contributed by atoms with E-state index in [2.05, 4.69) is 10.6 Å². The third-order valence-electron chi connectivity index (χ3n) is 3.41. The molecule has 6 nitrogen and oxygen atoms in total. The van der Waals surface area contributed by atoms with Crippen molar-refractivity contribution in [3.8, 4) is 0 Å². The number of carboxylic acid groups (broad SMARTS) is 1. The van der Waals surface area contributed by atoms with Gasteiger partial charge in [-0.15, -0.1) is 0 Å². The number of hydrogen-bond donors (Lipinski definition) is 3. The van der Waals surface area contributed by atoms with Gasteiger partial charge >= 0.3 is 5.97 Å². The molecule has 0 spiro atoms. The Morgan fingerprint density at radius 2 is 1.74 bits per heavy atom. The first-order chi connectivity index (χ1) is 8.85. The highest BCUT2D eigenvalue weighted by atomic mass is 16.4. The zero-order valence-corrected chi connectivity index (χ0v) is 11.5. The predicted octanol–water partition coefficient (Wildman–Crippen LogP) is 0.662. The Bertz CT molecular complexity index is 360. The second kappa shape index (κ2) is 6.54. The minimum absolute atomic E-state index is 0.0181. The Balaban J connectivity index is 2.42. The lowest BCUT2D eigenvalue weighted by atomic mass is 9.82. The fourth-order valence-electron chi connectivity index (χ4n) is 2.44. The van der Waals surface area contributed by atoms with Crippen LogP contribution < -0.4 is 10.6 Å². The Hall–Kier alpha value is -1.59. The fourth-order valence-corrected chi connectivity index (χ4v) is 2.44. The third kappa shape index (κ3) is 4.54. The number of nitrogens with one attached hydrogen (secondary N) is 2. The minimum Gasteiger partial charge on any atom is -0.481 e. The predicted molar refractivity (Wildman–Crippen MR) is 69.4 cm³/mol. The molecule has 0 aromatic heterocycles. The Labute approximate surface area is 112 Å². The molecule has 0 aliphatic heterocycles. The molecule has 108 valence electrons. The van der Waals surface area contributed by atoms with Crippen LogP contribution in [0, 0.1) is 5.41 Å². The van der Waals surface area contributed by atoms with Crippen molar-refractivity contribution in [1.29, 1.82) is 0 Å². The van der Waals surface area contributed by atoms with Crippen molar-refractivity contribution < 1.29 is 19.5 Å². The molecule has 0 saturated heterocycles. The number of carboxylic acids is 1. The van der Waals surface area contributed by atoms with Gasteiger partial charge in [-0.1, -0.05) is 12.8 Å². The van der Waals surface area contributed by atoms with E-state index >= 15 is 0 Å². The van der Waals surface area contributed by atoms with Crippen LogP contribution in [0.2, 0.25) is 0 Å². The summed E-state index contributed by atoms with van der Waals surface area (Å²) in [5.74, 6) is -1.55. The molecule has 1 rings (SSSR count). The number of rotatable bonds is 6. The smallest absolute Gasteiger partial charge is 0.310 e. The van der Waals surface area contributed by atoms with Crippen molar-refractivity contribution in [3.05, 3.63) is 0 Å². The quantitative estimate of drug-likeness (QED) is 0.660. The van der Waals surface area contributed by atoms with E-state index in [9.17, 15) is 19.5 Å². The topological polar surface area (TPSA) is 95.5 Å². The van der Waals surface area contributed by atoms with Crippen molar-refractivity contribution >= 4 is 17.8 Å². The van der Waals surface area contributed by atoms with Crippen LogP contribution in [0.15, 0.2) is 0 Å². The molecule has 3 N–H and O–H groups in total. The van der Waals surface area contributed by atoms with Crippen LogP contribution in [0.1, 0.15) is 46.0 Å². The average Bonchev–Trinajstić information content (AvgIpc) is 2.75. The first kappa shape index (κ1) is 15.5. The molecule has 0 atom stereocenters. The van der Waals surface area contributed by atoms with Crippen LogP contribution in [0.4, 0.5) is 0 Å². The first-order valence-electron chi connectivity index (χ1n) is 6.65. The lowest BCUT2D eigenvalue weighted by Gasteiger charge is -2.22. The van der Waals surface area contributed by atoms with Gasteiger partial charge in [0.2, 0.25) is 11.8 Å². The van der Waals surface area contributed by atoms with E-state index in [1.54, 1.807) is 0 Å². The molecule has 0 aromatic rings. The van der Waals surface area contributed by atoms with Gasteiger partial charge in [0.15, 0.2) is 0 Å². The summed E-state index contributed by atoms with van der Waals surface area (Å²) < 4.78 is 0. The van der Waals surface area contributed by atoms with Crippen LogP contribution >= 0.6 is 0 Å². The fraction of sp³-hybridized carbons (Fsp3) is 0.769. The van der Waals surface area contributed by atoms with Crippen molar-refractivity contribution in [2.75, 3.05) is 6.54 Å². The molecule has 1 aliphatic rings. The molecule has 0 unspecified atom stereocenters. The summed E-state index contributed by atoms with van der Waals surface area (Å²) in [6, 6.07) is 0.0181. The van der Waals surface area contributed by atoms with Crippen molar-refractivity contribution in [1.82, 2.24) is 10.6 Å². The highest BCUT2D eigenvalue weighted by Crippen LogP contribution is 2.41. The number of hydrogen-bond acceptors (Lipinski definition) is 3. The average molecular weight is 270 g/mol. The van der Waals surface area contributed by atoms with E-state index in [0.717, 1.165) is 12.8 Å². The molecule has 0 heterocycles. The number of amides is 2. The summed E-state index contributed by atoms with van der Waals surface area (Å²) in [7, 11) is 0. The second-order valence-corrected chi connectivity index (χ2v) is 5.47. The van der Waals surface area contributed by atoms with Gasteiger partial charge < -0.3 is 15.7 Å². The number of aliphatic carboxylic acids is 1. The Morgan fingerprint density at radius 3 is 2.21 bits per heavy atom. The summed E-state index contributed by atoms with van der Waals surface area (Å²) in [5.41, 5.74) is -0.932. The largest absolute Gasteiger partial charge is 0.481 e. The zero-order valence-electron chi connectivity index (χ0n) is 11.5. The lowest BCUT2D eigenvalue weighted by Crippen LogP contribution is -2.42. The van der Waals surface area contributed by atoms with Gasteiger partial charge in [0.1, 0.15) is 0 Å². The highest BCUT2D eigenvalue weighted by molar-refractivity contribution is 5.88. The molecule has 0 bridgehead atoms. The molecule has 19 heavy (non-hydrogen) atoms. The van der Waals surface area contributed by atoms with Gasteiger partial charge in [-0.25, -0.2) is 0 Å². The molecule has 2 amide bonds. The highest BCUT2D eigenvalue weighted by Gasteiger charge is 2.42. The number of carbonyl (C=O) groups is 3. The van der Waals surface area contributed by atoms with Crippen molar-refractivity contribution in [2.24, 2.45) is 5.41 Å². The molecular formula is C13H22N2O4.